The van der Waals surface area contributed by atoms with Crippen molar-refractivity contribution in [3.8, 4) is 0 Å². The fourth-order valence-corrected chi connectivity index (χ4v) is 1.67. The minimum Gasteiger partial charge on any atom is -0.0683 e. The van der Waals surface area contributed by atoms with Gasteiger partial charge in [-0.2, -0.15) is 0 Å². The molecule has 0 spiro atoms. The molecule has 0 heterocycles. The van der Waals surface area contributed by atoms with Crippen LogP contribution in [0.2, 0.25) is 0 Å². The van der Waals surface area contributed by atoms with Gasteiger partial charge >= 0.3 is 0 Å². The second-order valence-electron chi connectivity index (χ2n) is 4.00. The lowest BCUT2D eigenvalue weighted by atomic mass is 10.1. The smallest absolute Gasteiger partial charge is 0.0184 e. The molecule has 0 atom stereocenters. The lowest BCUT2D eigenvalue weighted by Gasteiger charge is -1.92. The third kappa shape index (κ3) is 20.1. The highest BCUT2D eigenvalue weighted by Crippen LogP contribution is 2.11. The minimum atomic E-state index is 1.31. The van der Waals surface area contributed by atoms with Gasteiger partial charge in [-0.05, 0) is 17.7 Å². The number of hydrogen-bond donors (Lipinski definition) is 0. The Morgan fingerprint density at radius 2 is 0.556 bits per heavy atom. The maximum Gasteiger partial charge on any atom is -0.0184 e. The quantitative estimate of drug-likeness (QED) is 0.369. The summed E-state index contributed by atoms with van der Waals surface area (Å²) in [4.78, 5) is 0. The van der Waals surface area contributed by atoms with Gasteiger partial charge in [-0.15, -0.1) is 0 Å². The SMILES string of the molecule is CC.CC.CC.CC.CC.Cc1ccccc1.c1ccc2ccccc2c1. The second kappa shape index (κ2) is 31.7. The van der Waals surface area contributed by atoms with Crippen LogP contribution in [0.5, 0.6) is 0 Å². The normalized spacial score (nSPS) is 7.07. The zero-order chi connectivity index (χ0) is 21.9. The van der Waals surface area contributed by atoms with Crippen LogP contribution >= 0.6 is 0 Å². The molecule has 0 aromatic heterocycles. The van der Waals surface area contributed by atoms with Crippen LogP contribution in [-0.2, 0) is 0 Å². The summed E-state index contributed by atoms with van der Waals surface area (Å²) in [5.41, 5.74) is 1.32. The molecule has 0 aliphatic heterocycles. The number of benzene rings is 3. The second-order valence-corrected chi connectivity index (χ2v) is 4.00. The van der Waals surface area contributed by atoms with Crippen molar-refractivity contribution in [3.63, 3.8) is 0 Å². The van der Waals surface area contributed by atoms with Gasteiger partial charge in [0.05, 0.1) is 0 Å². The van der Waals surface area contributed by atoms with Crippen LogP contribution in [0.3, 0.4) is 0 Å². The van der Waals surface area contributed by atoms with Gasteiger partial charge in [0, 0.05) is 0 Å². The molecule has 3 aromatic rings. The molecule has 0 radical (unpaired) electrons. The molecule has 0 saturated heterocycles. The van der Waals surface area contributed by atoms with Crippen LogP contribution in [0.25, 0.3) is 10.8 Å². The third-order valence-corrected chi connectivity index (χ3v) is 2.60. The van der Waals surface area contributed by atoms with Gasteiger partial charge in [-0.3, -0.25) is 0 Å². The van der Waals surface area contributed by atoms with Crippen LogP contribution in [0.15, 0.2) is 78.9 Å². The molecular weight excluding hydrogens is 324 g/mol. The van der Waals surface area contributed by atoms with Crippen LogP contribution in [0.1, 0.15) is 74.8 Å². The highest BCUT2D eigenvalue weighted by atomic mass is 13.9. The predicted molar refractivity (Wildman–Crippen MR) is 132 cm³/mol. The van der Waals surface area contributed by atoms with Crippen molar-refractivity contribution in [2.24, 2.45) is 0 Å². The monoisotopic (exact) mass is 370 g/mol. The fraction of sp³-hybridized carbons (Fsp3) is 0.407. The van der Waals surface area contributed by atoms with Crippen LogP contribution in [0, 0.1) is 6.92 Å². The van der Waals surface area contributed by atoms with E-state index in [0.29, 0.717) is 0 Å². The van der Waals surface area contributed by atoms with E-state index in [9.17, 15) is 0 Å². The van der Waals surface area contributed by atoms with E-state index in [0.717, 1.165) is 0 Å². The average Bonchev–Trinajstić information content (AvgIpc) is 2.82. The van der Waals surface area contributed by atoms with Crippen LogP contribution in [-0.4, -0.2) is 0 Å². The summed E-state index contributed by atoms with van der Waals surface area (Å²) in [5.74, 6) is 0. The Bertz CT molecular complexity index is 502. The zero-order valence-corrected chi connectivity index (χ0v) is 20.0. The van der Waals surface area contributed by atoms with E-state index < -0.39 is 0 Å². The number of hydrogen-bond acceptors (Lipinski definition) is 0. The van der Waals surface area contributed by atoms with Crippen molar-refractivity contribution in [1.29, 1.82) is 0 Å². The van der Waals surface area contributed by atoms with Crippen LogP contribution in [0.4, 0.5) is 0 Å². The molecule has 3 aromatic carbocycles. The van der Waals surface area contributed by atoms with Gasteiger partial charge in [0.1, 0.15) is 0 Å². The Hall–Kier alpha value is -2.08. The van der Waals surface area contributed by atoms with E-state index in [1.807, 2.05) is 87.4 Å². The summed E-state index contributed by atoms with van der Waals surface area (Å²) in [6, 6.07) is 27.0. The summed E-state index contributed by atoms with van der Waals surface area (Å²) in [7, 11) is 0. The maximum atomic E-state index is 2.12. The molecule has 0 saturated carbocycles. The first-order valence-corrected chi connectivity index (χ1v) is 10.8. The third-order valence-electron chi connectivity index (χ3n) is 2.60. The largest absolute Gasteiger partial charge is 0.0683 e. The molecule has 27 heavy (non-hydrogen) atoms. The molecule has 0 aliphatic carbocycles. The number of rotatable bonds is 0. The fourth-order valence-electron chi connectivity index (χ4n) is 1.67. The first kappa shape index (κ1) is 32.6. The molecule has 0 bridgehead atoms. The van der Waals surface area contributed by atoms with Gasteiger partial charge in [0.15, 0.2) is 0 Å². The summed E-state index contributed by atoms with van der Waals surface area (Å²) in [5, 5.41) is 2.62. The Labute approximate surface area is 171 Å². The summed E-state index contributed by atoms with van der Waals surface area (Å²) >= 11 is 0. The molecule has 0 fully saturated rings. The van der Waals surface area contributed by atoms with Gasteiger partial charge < -0.3 is 0 Å². The molecule has 0 unspecified atom stereocenters. The summed E-state index contributed by atoms with van der Waals surface area (Å²) in [6.45, 7) is 22.1. The van der Waals surface area contributed by atoms with E-state index in [-0.39, 0.29) is 0 Å². The van der Waals surface area contributed by atoms with Crippen molar-refractivity contribution < 1.29 is 0 Å². The molecular formula is C27H46. The van der Waals surface area contributed by atoms with Crippen molar-refractivity contribution in [1.82, 2.24) is 0 Å². The summed E-state index contributed by atoms with van der Waals surface area (Å²) < 4.78 is 0. The minimum absolute atomic E-state index is 1.31. The molecule has 154 valence electrons. The Morgan fingerprint density at radius 1 is 0.333 bits per heavy atom. The molecule has 0 amide bonds. The average molecular weight is 371 g/mol. The van der Waals surface area contributed by atoms with Crippen molar-refractivity contribution >= 4 is 10.8 Å². The molecule has 0 nitrogen and oxygen atoms in total. The highest BCUT2D eigenvalue weighted by molar-refractivity contribution is 5.81. The van der Waals surface area contributed by atoms with E-state index in [2.05, 4.69) is 67.6 Å². The topological polar surface area (TPSA) is 0 Å². The first-order chi connectivity index (χ1) is 13.4. The van der Waals surface area contributed by atoms with Gasteiger partial charge in [0.25, 0.3) is 0 Å². The lowest BCUT2D eigenvalue weighted by Crippen LogP contribution is -1.67. The van der Waals surface area contributed by atoms with Crippen LogP contribution < -0.4 is 0 Å². The van der Waals surface area contributed by atoms with Gasteiger partial charge in [-0.1, -0.05) is 154 Å². The van der Waals surface area contributed by atoms with Crippen molar-refractivity contribution in [2.75, 3.05) is 0 Å². The van der Waals surface area contributed by atoms with Gasteiger partial charge in [0.2, 0.25) is 0 Å². The van der Waals surface area contributed by atoms with E-state index >= 15 is 0 Å². The van der Waals surface area contributed by atoms with E-state index in [1.54, 1.807) is 0 Å². The standard InChI is InChI=1S/C10H8.C7H8.5C2H6/c1-2-6-10-8-4-3-7-9(10)5-1;1-7-5-3-2-4-6-7;5*1-2/h1-8H;2-6H,1H3;5*1-2H3. The Morgan fingerprint density at radius 3 is 0.741 bits per heavy atom. The Balaban J connectivity index is -0.000000138. The highest BCUT2D eigenvalue weighted by Gasteiger charge is 1.85. The van der Waals surface area contributed by atoms with E-state index in [1.165, 1.54) is 16.3 Å². The Kier molecular flexibility index (Phi) is 38.2. The lowest BCUT2D eigenvalue weighted by molar-refractivity contribution is 1.48. The number of aryl methyl sites for hydroxylation is 1. The predicted octanol–water partition coefficient (Wildman–Crippen LogP) is 9.97. The molecule has 0 N–H and O–H groups in total. The van der Waals surface area contributed by atoms with Crippen molar-refractivity contribution in [2.45, 2.75) is 76.2 Å². The number of fused-ring (bicyclic) bond motifs is 1. The summed E-state index contributed by atoms with van der Waals surface area (Å²) in [6.07, 6.45) is 0. The molecule has 3 rings (SSSR count). The first-order valence-electron chi connectivity index (χ1n) is 10.8. The molecule has 0 heteroatoms. The van der Waals surface area contributed by atoms with Gasteiger partial charge in [-0.25, -0.2) is 0 Å². The van der Waals surface area contributed by atoms with E-state index in [4.69, 9.17) is 0 Å². The molecule has 0 aliphatic rings. The zero-order valence-electron chi connectivity index (χ0n) is 20.0. The maximum absolute atomic E-state index is 2.12. The van der Waals surface area contributed by atoms with Crippen molar-refractivity contribution in [3.05, 3.63) is 84.4 Å².